The fourth-order valence-corrected chi connectivity index (χ4v) is 4.06. The summed E-state index contributed by atoms with van der Waals surface area (Å²) in [5, 5.41) is 5.93. The highest BCUT2D eigenvalue weighted by Gasteiger charge is 2.33. The van der Waals surface area contributed by atoms with E-state index in [9.17, 15) is 8.42 Å². The van der Waals surface area contributed by atoms with Crippen LogP contribution in [0.4, 0.5) is 5.69 Å². The van der Waals surface area contributed by atoms with E-state index in [0.717, 1.165) is 22.3 Å². The van der Waals surface area contributed by atoms with Crippen LogP contribution < -0.4 is 5.01 Å². The first kappa shape index (κ1) is 13.1. The van der Waals surface area contributed by atoms with E-state index in [1.165, 1.54) is 0 Å². The van der Waals surface area contributed by atoms with Gasteiger partial charge in [-0.2, -0.15) is 5.10 Å². The van der Waals surface area contributed by atoms with Gasteiger partial charge in [0.25, 0.3) is 0 Å². The van der Waals surface area contributed by atoms with E-state index in [1.807, 2.05) is 27.7 Å². The third kappa shape index (κ3) is 1.50. The molecule has 1 aliphatic rings. The summed E-state index contributed by atoms with van der Waals surface area (Å²) < 4.78 is 24.9. The number of hydrazone groups is 1. The van der Waals surface area contributed by atoms with Crippen molar-refractivity contribution in [1.29, 1.82) is 0 Å². The van der Waals surface area contributed by atoms with Crippen LogP contribution in [0.15, 0.2) is 10.00 Å². The predicted octanol–water partition coefficient (Wildman–Crippen LogP) is 2.48. The first-order chi connectivity index (χ1) is 8.19. The van der Waals surface area contributed by atoms with Gasteiger partial charge in [-0.1, -0.05) is 0 Å². The Hall–Kier alpha value is -1.36. The normalized spacial score (nSPS) is 17.4. The number of benzene rings is 1. The van der Waals surface area contributed by atoms with Crippen molar-refractivity contribution in [3.63, 3.8) is 0 Å². The maximum absolute atomic E-state index is 12.4. The van der Waals surface area contributed by atoms with E-state index in [1.54, 1.807) is 19.0 Å². The highest BCUT2D eigenvalue weighted by atomic mass is 32.2. The van der Waals surface area contributed by atoms with Crippen molar-refractivity contribution in [2.75, 3.05) is 12.1 Å². The average Bonchev–Trinajstić information content (AvgIpc) is 2.28. The number of fused-ring (bicyclic) bond motifs is 1. The molecule has 1 aromatic rings. The van der Waals surface area contributed by atoms with Crippen LogP contribution in [0, 0.1) is 27.7 Å². The minimum absolute atomic E-state index is 0.156. The van der Waals surface area contributed by atoms with E-state index < -0.39 is 9.84 Å². The lowest BCUT2D eigenvalue weighted by Crippen LogP contribution is -2.28. The largest absolute Gasteiger partial charge is 0.266 e. The lowest BCUT2D eigenvalue weighted by atomic mass is 9.97. The molecule has 2 rings (SSSR count). The Bertz CT molecular complexity index is 673. The molecule has 1 aromatic carbocycles. The van der Waals surface area contributed by atoms with Crippen LogP contribution in [-0.4, -0.2) is 20.5 Å². The van der Waals surface area contributed by atoms with Gasteiger partial charge in [-0.3, -0.25) is 5.01 Å². The molecule has 0 N–H and O–H groups in total. The third-order valence-corrected chi connectivity index (χ3v) is 5.77. The molecule has 1 heterocycles. The number of anilines is 1. The third-order valence-electron chi connectivity index (χ3n) is 3.87. The second-order valence-electron chi connectivity index (χ2n) is 4.82. The minimum atomic E-state index is -3.44. The summed E-state index contributed by atoms with van der Waals surface area (Å²) in [6.45, 7) is 9.34. The second-order valence-corrected chi connectivity index (χ2v) is 6.83. The maximum atomic E-state index is 12.4. The lowest BCUT2D eigenvalue weighted by Gasteiger charge is -2.28. The number of hydrogen-bond donors (Lipinski definition) is 0. The van der Waals surface area contributed by atoms with Crippen molar-refractivity contribution in [3.8, 4) is 0 Å². The van der Waals surface area contributed by atoms with Crippen LogP contribution in [-0.2, 0) is 9.84 Å². The summed E-state index contributed by atoms with van der Waals surface area (Å²) in [4.78, 5) is 0.415. The van der Waals surface area contributed by atoms with Gasteiger partial charge < -0.3 is 0 Å². The number of hydrogen-bond acceptors (Lipinski definition) is 4. The van der Waals surface area contributed by atoms with Gasteiger partial charge in [0, 0.05) is 7.05 Å². The summed E-state index contributed by atoms with van der Waals surface area (Å²) >= 11 is 0. The van der Waals surface area contributed by atoms with Crippen molar-refractivity contribution < 1.29 is 8.42 Å². The fraction of sp³-hybridized carbons (Fsp3) is 0.462. The predicted molar refractivity (Wildman–Crippen MR) is 74.1 cm³/mol. The van der Waals surface area contributed by atoms with Crippen LogP contribution in [0.3, 0.4) is 0 Å². The molecule has 0 amide bonds. The maximum Gasteiger partial charge on any atom is 0.223 e. The smallest absolute Gasteiger partial charge is 0.223 e. The summed E-state index contributed by atoms with van der Waals surface area (Å²) in [6, 6.07) is 0. The topological polar surface area (TPSA) is 49.7 Å². The SMILES string of the molecule is CC1=NN(C)c2c(C)c(C)c(C)c(C)c2S1(=O)=O. The van der Waals surface area contributed by atoms with Gasteiger partial charge in [0.1, 0.15) is 4.90 Å². The standard InChI is InChI=1S/C13H18N2O2S/c1-7-8(2)10(4)13-12(9(7)3)15(6)14-11(5)18(13,16)17/h1-6H3. The molecule has 0 aliphatic carbocycles. The average molecular weight is 266 g/mol. The molecule has 0 radical (unpaired) electrons. The number of sulfone groups is 1. The molecule has 0 saturated carbocycles. The summed E-state index contributed by atoms with van der Waals surface area (Å²) in [7, 11) is -1.65. The lowest BCUT2D eigenvalue weighted by molar-refractivity contribution is 0.604. The molecule has 0 spiro atoms. The second kappa shape index (κ2) is 3.82. The van der Waals surface area contributed by atoms with Gasteiger partial charge in [-0.05, 0) is 56.9 Å². The van der Waals surface area contributed by atoms with Crippen molar-refractivity contribution in [2.24, 2.45) is 5.10 Å². The van der Waals surface area contributed by atoms with Crippen molar-refractivity contribution in [1.82, 2.24) is 0 Å². The van der Waals surface area contributed by atoms with E-state index in [-0.39, 0.29) is 5.04 Å². The Morgan fingerprint density at radius 2 is 1.39 bits per heavy atom. The van der Waals surface area contributed by atoms with Crippen LogP contribution in [0.1, 0.15) is 29.2 Å². The van der Waals surface area contributed by atoms with Crippen molar-refractivity contribution in [3.05, 3.63) is 22.3 Å². The molecule has 98 valence electrons. The van der Waals surface area contributed by atoms with Crippen LogP contribution in [0.5, 0.6) is 0 Å². The number of nitrogens with zero attached hydrogens (tertiary/aromatic N) is 2. The highest BCUT2D eigenvalue weighted by Crippen LogP contribution is 2.39. The monoisotopic (exact) mass is 266 g/mol. The Morgan fingerprint density at radius 1 is 0.889 bits per heavy atom. The fourth-order valence-electron chi connectivity index (χ4n) is 2.44. The van der Waals surface area contributed by atoms with Crippen LogP contribution in [0.2, 0.25) is 0 Å². The molecule has 0 bridgehead atoms. The zero-order valence-electron chi connectivity index (χ0n) is 11.6. The van der Waals surface area contributed by atoms with E-state index in [4.69, 9.17) is 0 Å². The van der Waals surface area contributed by atoms with Gasteiger partial charge >= 0.3 is 0 Å². The first-order valence-corrected chi connectivity index (χ1v) is 7.32. The molecule has 0 saturated heterocycles. The minimum Gasteiger partial charge on any atom is -0.266 e. The van der Waals surface area contributed by atoms with Crippen LogP contribution in [0.25, 0.3) is 0 Å². The van der Waals surface area contributed by atoms with Gasteiger partial charge in [0.05, 0.1) is 5.69 Å². The molecule has 1 aliphatic heterocycles. The molecule has 5 heteroatoms. The first-order valence-electron chi connectivity index (χ1n) is 5.84. The molecular weight excluding hydrogens is 248 g/mol. The van der Waals surface area contributed by atoms with Gasteiger partial charge in [0.15, 0.2) is 5.04 Å². The molecule has 0 atom stereocenters. The van der Waals surface area contributed by atoms with Gasteiger partial charge in [-0.25, -0.2) is 8.42 Å². The van der Waals surface area contributed by atoms with Crippen LogP contribution >= 0.6 is 0 Å². The highest BCUT2D eigenvalue weighted by molar-refractivity contribution is 8.06. The molecule has 0 fully saturated rings. The Labute approximate surface area is 108 Å². The van der Waals surface area contributed by atoms with E-state index in [0.29, 0.717) is 10.6 Å². The zero-order valence-corrected chi connectivity index (χ0v) is 12.4. The van der Waals surface area contributed by atoms with E-state index in [2.05, 4.69) is 5.10 Å². The Morgan fingerprint density at radius 3 is 1.94 bits per heavy atom. The van der Waals surface area contributed by atoms with E-state index >= 15 is 0 Å². The van der Waals surface area contributed by atoms with Crippen molar-refractivity contribution in [2.45, 2.75) is 39.5 Å². The summed E-state index contributed by atoms with van der Waals surface area (Å²) in [6.07, 6.45) is 0. The quantitative estimate of drug-likeness (QED) is 0.725. The van der Waals surface area contributed by atoms with Gasteiger partial charge in [0.2, 0.25) is 9.84 Å². The molecule has 0 unspecified atom stereocenters. The molecule has 0 aromatic heterocycles. The van der Waals surface area contributed by atoms with Gasteiger partial charge in [-0.15, -0.1) is 0 Å². The zero-order chi connectivity index (χ0) is 13.8. The Balaban J connectivity index is 3.02. The molecule has 4 nitrogen and oxygen atoms in total. The number of rotatable bonds is 0. The molecular formula is C13H18N2O2S. The molecule has 18 heavy (non-hydrogen) atoms. The summed E-state index contributed by atoms with van der Waals surface area (Å²) in [5.41, 5.74) is 4.69. The van der Waals surface area contributed by atoms with Crippen molar-refractivity contribution >= 4 is 20.6 Å². The Kier molecular flexibility index (Phi) is 2.77. The summed E-state index contributed by atoms with van der Waals surface area (Å²) in [5.74, 6) is 0.